The molecule has 0 aromatic carbocycles. The summed E-state index contributed by atoms with van der Waals surface area (Å²) in [5.74, 6) is 0. The molecule has 1 rings (SSSR count). The molecule has 3 nitrogen and oxygen atoms in total. The largest absolute Gasteiger partial charge is 0.397 e. The van der Waals surface area contributed by atoms with Crippen molar-refractivity contribution in [2.75, 3.05) is 13.2 Å². The minimum atomic E-state index is -0.841. The number of hydrogen-bond donors (Lipinski definition) is 1. The van der Waals surface area contributed by atoms with E-state index in [0.29, 0.717) is 0 Å². The molecule has 0 saturated carbocycles. The van der Waals surface area contributed by atoms with Crippen molar-refractivity contribution in [3.8, 4) is 0 Å². The van der Waals surface area contributed by atoms with E-state index in [9.17, 15) is 5.11 Å². The highest BCUT2D eigenvalue weighted by Gasteiger charge is 2.15. The molecule has 0 bridgehead atoms. The second-order valence-electron chi connectivity index (χ2n) is 4.27. The number of aliphatic hydroxyl groups excluding tert-OH is 1. The van der Waals surface area contributed by atoms with Crippen molar-refractivity contribution in [2.45, 2.75) is 50.8 Å². The Hall–Kier alpha value is 0.0969. The van der Waals surface area contributed by atoms with Gasteiger partial charge < -0.3 is 14.6 Å². The summed E-state index contributed by atoms with van der Waals surface area (Å²) in [4.78, 5) is 0. The van der Waals surface area contributed by atoms with Crippen LogP contribution in [0.3, 0.4) is 0 Å². The lowest BCUT2D eigenvalue weighted by Gasteiger charge is -2.13. The Balaban J connectivity index is 1.93. The summed E-state index contributed by atoms with van der Waals surface area (Å²) in [5.41, 5.74) is -0.0135. The second-order valence-corrected chi connectivity index (χ2v) is 7.52. The molecule has 1 unspecified atom stereocenters. The normalized spacial score (nSPS) is 20.6. The molecule has 1 aliphatic rings. The standard InChI is InChI=1S/C10H22O3Si/c1-14(2)9(11)5-3-4-6-10-12-7-8-13-10/h9-11,14H,3-8H2,1-2H3. The van der Waals surface area contributed by atoms with Gasteiger partial charge in [-0.1, -0.05) is 19.5 Å². The number of hydrogen-bond acceptors (Lipinski definition) is 3. The summed E-state index contributed by atoms with van der Waals surface area (Å²) >= 11 is 0. The molecule has 4 heteroatoms. The van der Waals surface area contributed by atoms with Crippen LogP contribution in [0.1, 0.15) is 25.7 Å². The average Bonchev–Trinajstić information content (AvgIpc) is 2.64. The Morgan fingerprint density at radius 1 is 1.29 bits per heavy atom. The number of rotatable bonds is 6. The lowest BCUT2D eigenvalue weighted by Crippen LogP contribution is -2.23. The van der Waals surface area contributed by atoms with Gasteiger partial charge in [0, 0.05) is 5.73 Å². The van der Waals surface area contributed by atoms with Gasteiger partial charge in [0.25, 0.3) is 0 Å². The number of unbranched alkanes of at least 4 members (excludes halogenated alkanes) is 1. The first-order valence-electron chi connectivity index (χ1n) is 5.61. The predicted octanol–water partition coefficient (Wildman–Crippen LogP) is 1.31. The van der Waals surface area contributed by atoms with Gasteiger partial charge in [0.1, 0.15) is 0 Å². The lowest BCUT2D eigenvalue weighted by atomic mass is 10.2. The zero-order valence-corrected chi connectivity index (χ0v) is 10.4. The van der Waals surface area contributed by atoms with Gasteiger partial charge in [0.05, 0.1) is 22.0 Å². The van der Waals surface area contributed by atoms with E-state index in [2.05, 4.69) is 13.1 Å². The first-order valence-corrected chi connectivity index (χ1v) is 8.59. The van der Waals surface area contributed by atoms with Crippen LogP contribution in [0.5, 0.6) is 0 Å². The van der Waals surface area contributed by atoms with Crippen molar-refractivity contribution in [1.29, 1.82) is 0 Å². The summed E-state index contributed by atoms with van der Waals surface area (Å²) < 4.78 is 10.7. The Morgan fingerprint density at radius 2 is 1.93 bits per heavy atom. The summed E-state index contributed by atoms with van der Waals surface area (Å²) in [6.45, 7) is 5.86. The molecule has 84 valence electrons. The molecular weight excluding hydrogens is 196 g/mol. The summed E-state index contributed by atoms with van der Waals surface area (Å²) in [7, 11) is -0.841. The number of aliphatic hydroxyl groups is 1. The zero-order chi connectivity index (χ0) is 10.4. The van der Waals surface area contributed by atoms with Crippen LogP contribution in [-0.4, -0.2) is 39.1 Å². The molecule has 1 atom stereocenters. The highest BCUT2D eigenvalue weighted by molar-refractivity contribution is 6.57. The van der Waals surface area contributed by atoms with Gasteiger partial charge in [-0.3, -0.25) is 0 Å². The van der Waals surface area contributed by atoms with Gasteiger partial charge in [-0.05, 0) is 19.3 Å². The van der Waals surface area contributed by atoms with Crippen LogP contribution in [-0.2, 0) is 9.47 Å². The Morgan fingerprint density at radius 3 is 2.50 bits per heavy atom. The summed E-state index contributed by atoms with van der Waals surface area (Å²) in [6, 6.07) is 0. The molecule has 0 aromatic heterocycles. The van der Waals surface area contributed by atoms with E-state index in [1.165, 1.54) is 0 Å². The van der Waals surface area contributed by atoms with Crippen molar-refractivity contribution in [3.05, 3.63) is 0 Å². The SMILES string of the molecule is C[SiH](C)C(O)CCCCC1OCCO1. The molecule has 1 aliphatic heterocycles. The first-order chi connectivity index (χ1) is 6.70. The quantitative estimate of drug-likeness (QED) is 0.539. The monoisotopic (exact) mass is 218 g/mol. The van der Waals surface area contributed by atoms with Crippen LogP contribution in [0.25, 0.3) is 0 Å². The van der Waals surface area contributed by atoms with Gasteiger partial charge in [-0.25, -0.2) is 0 Å². The minimum absolute atomic E-state index is 0.0135. The van der Waals surface area contributed by atoms with Gasteiger partial charge in [-0.15, -0.1) is 0 Å². The predicted molar refractivity (Wildman–Crippen MR) is 59.0 cm³/mol. The zero-order valence-electron chi connectivity index (χ0n) is 9.24. The van der Waals surface area contributed by atoms with Gasteiger partial charge >= 0.3 is 0 Å². The van der Waals surface area contributed by atoms with E-state index in [-0.39, 0.29) is 12.0 Å². The minimum Gasteiger partial charge on any atom is -0.397 e. The third kappa shape index (κ3) is 4.55. The molecular formula is C10H22O3Si. The van der Waals surface area contributed by atoms with Gasteiger partial charge in [0.2, 0.25) is 0 Å². The van der Waals surface area contributed by atoms with Crippen molar-refractivity contribution < 1.29 is 14.6 Å². The fourth-order valence-electron chi connectivity index (χ4n) is 1.57. The molecule has 1 heterocycles. The maximum atomic E-state index is 9.62. The van der Waals surface area contributed by atoms with Gasteiger partial charge in [-0.2, -0.15) is 0 Å². The number of ether oxygens (including phenoxy) is 2. The van der Waals surface area contributed by atoms with Crippen molar-refractivity contribution in [2.24, 2.45) is 0 Å². The summed E-state index contributed by atoms with van der Waals surface area (Å²) in [5, 5.41) is 9.62. The van der Waals surface area contributed by atoms with E-state index >= 15 is 0 Å². The highest BCUT2D eigenvalue weighted by Crippen LogP contribution is 2.13. The maximum Gasteiger partial charge on any atom is 0.157 e. The molecule has 0 aliphatic carbocycles. The van der Waals surface area contributed by atoms with E-state index in [0.717, 1.165) is 38.9 Å². The molecule has 0 radical (unpaired) electrons. The average molecular weight is 218 g/mol. The molecule has 0 spiro atoms. The molecule has 0 aromatic rings. The molecule has 1 N–H and O–H groups in total. The third-order valence-corrected chi connectivity index (χ3v) is 4.52. The Labute approximate surface area is 88.0 Å². The molecule has 1 fully saturated rings. The smallest absolute Gasteiger partial charge is 0.157 e. The van der Waals surface area contributed by atoms with Crippen LogP contribution in [0.15, 0.2) is 0 Å². The van der Waals surface area contributed by atoms with E-state index in [1.807, 2.05) is 0 Å². The Bertz CT molecular complexity index is 142. The third-order valence-electron chi connectivity index (χ3n) is 2.65. The topological polar surface area (TPSA) is 38.7 Å². The second kappa shape index (κ2) is 6.56. The van der Waals surface area contributed by atoms with Gasteiger partial charge in [0.15, 0.2) is 6.29 Å². The van der Waals surface area contributed by atoms with E-state index < -0.39 is 8.80 Å². The van der Waals surface area contributed by atoms with Crippen LogP contribution in [0.2, 0.25) is 13.1 Å². The van der Waals surface area contributed by atoms with Crippen molar-refractivity contribution in [1.82, 2.24) is 0 Å². The van der Waals surface area contributed by atoms with Crippen LogP contribution < -0.4 is 0 Å². The van der Waals surface area contributed by atoms with Crippen LogP contribution in [0.4, 0.5) is 0 Å². The van der Waals surface area contributed by atoms with Crippen molar-refractivity contribution >= 4 is 8.80 Å². The fourth-order valence-corrected chi connectivity index (χ4v) is 2.47. The van der Waals surface area contributed by atoms with Crippen molar-refractivity contribution in [3.63, 3.8) is 0 Å². The lowest BCUT2D eigenvalue weighted by molar-refractivity contribution is -0.0482. The maximum absolute atomic E-state index is 9.62. The van der Waals surface area contributed by atoms with E-state index in [4.69, 9.17) is 9.47 Å². The summed E-state index contributed by atoms with van der Waals surface area (Å²) in [6.07, 6.45) is 4.16. The molecule has 1 saturated heterocycles. The van der Waals surface area contributed by atoms with E-state index in [1.54, 1.807) is 0 Å². The van der Waals surface area contributed by atoms with Crippen LogP contribution in [0, 0.1) is 0 Å². The molecule has 14 heavy (non-hydrogen) atoms. The first kappa shape index (κ1) is 12.2. The van der Waals surface area contributed by atoms with Crippen LogP contribution >= 0.6 is 0 Å². The fraction of sp³-hybridized carbons (Fsp3) is 1.00. The molecule has 0 amide bonds. The Kier molecular flexibility index (Phi) is 5.70. The highest BCUT2D eigenvalue weighted by atomic mass is 28.3.